The molecule has 0 aliphatic carbocycles. The normalized spacial score (nSPS) is 17.0. The molecule has 0 unspecified atom stereocenters. The van der Waals surface area contributed by atoms with E-state index in [9.17, 15) is 9.59 Å². The van der Waals surface area contributed by atoms with Crippen LogP contribution in [0.3, 0.4) is 0 Å². The summed E-state index contributed by atoms with van der Waals surface area (Å²) in [6, 6.07) is 15.6. The summed E-state index contributed by atoms with van der Waals surface area (Å²) >= 11 is 4.50. The van der Waals surface area contributed by atoms with Crippen LogP contribution in [0.2, 0.25) is 0 Å². The van der Waals surface area contributed by atoms with E-state index in [1.807, 2.05) is 58.3 Å². The predicted octanol–water partition coefficient (Wildman–Crippen LogP) is 3.81. The molecule has 2 aliphatic rings. The van der Waals surface area contributed by atoms with Gasteiger partial charge in [-0.2, -0.15) is 0 Å². The van der Waals surface area contributed by atoms with Gasteiger partial charge in [0.25, 0.3) is 11.8 Å². The number of nitrogens with one attached hydrogen (secondary N) is 1. The van der Waals surface area contributed by atoms with Crippen LogP contribution in [-0.2, 0) is 4.74 Å². The summed E-state index contributed by atoms with van der Waals surface area (Å²) in [5.74, 6) is 0.301. The van der Waals surface area contributed by atoms with Crippen molar-refractivity contribution in [2.45, 2.75) is 12.8 Å². The summed E-state index contributed by atoms with van der Waals surface area (Å²) in [4.78, 5) is 30.9. The van der Waals surface area contributed by atoms with Crippen LogP contribution < -0.4 is 5.32 Å². The van der Waals surface area contributed by atoms with E-state index in [0.717, 1.165) is 96.6 Å². The second-order valence-electron chi connectivity index (χ2n) is 8.89. The van der Waals surface area contributed by atoms with Gasteiger partial charge in [-0.25, -0.2) is 0 Å². The van der Waals surface area contributed by atoms with E-state index in [1.165, 1.54) is 0 Å². The molecule has 4 rings (SSSR count). The smallest absolute Gasteiger partial charge is 0.253 e. The van der Waals surface area contributed by atoms with E-state index in [1.54, 1.807) is 7.11 Å². The lowest BCUT2D eigenvalue weighted by molar-refractivity contribution is 0.0754. The summed E-state index contributed by atoms with van der Waals surface area (Å²) in [6.07, 6.45) is 2.07. The molecule has 2 saturated heterocycles. The van der Waals surface area contributed by atoms with E-state index in [2.05, 4.69) is 55.4 Å². The van der Waals surface area contributed by atoms with Crippen LogP contribution in [0, 0.1) is 7.14 Å². The highest BCUT2D eigenvalue weighted by Gasteiger charge is 2.20. The zero-order valence-corrected chi connectivity index (χ0v) is 25.2. The number of rotatable bonds is 5. The number of hydrogen-bond donors (Lipinski definition) is 1. The maximum Gasteiger partial charge on any atom is 0.253 e. The van der Waals surface area contributed by atoms with E-state index >= 15 is 0 Å². The Morgan fingerprint density at radius 1 is 0.750 bits per heavy atom. The third kappa shape index (κ3) is 9.55. The Morgan fingerprint density at radius 3 is 1.89 bits per heavy atom. The summed E-state index contributed by atoms with van der Waals surface area (Å²) in [5.41, 5.74) is 1.58. The molecule has 1 N–H and O–H groups in total. The molecular weight excluding hydrogens is 682 g/mol. The molecule has 0 radical (unpaired) electrons. The number of hydrogen-bond acceptors (Lipinski definition) is 5. The zero-order valence-electron chi connectivity index (χ0n) is 20.9. The number of amides is 2. The second-order valence-corrected chi connectivity index (χ2v) is 11.4. The van der Waals surface area contributed by atoms with Crippen molar-refractivity contribution in [1.29, 1.82) is 0 Å². The minimum atomic E-state index is 0.148. The summed E-state index contributed by atoms with van der Waals surface area (Å²) in [6.45, 7) is 8.89. The third-order valence-corrected chi connectivity index (χ3v) is 7.74. The Kier molecular flexibility index (Phi) is 12.9. The van der Waals surface area contributed by atoms with Gasteiger partial charge >= 0.3 is 0 Å². The number of carbonyl (C=O) groups is 2. The van der Waals surface area contributed by atoms with Crippen LogP contribution in [0.5, 0.6) is 0 Å². The fourth-order valence-corrected chi connectivity index (χ4v) is 4.94. The first-order valence-electron chi connectivity index (χ1n) is 12.5. The standard InChI is InChI=1S/C15H21IN2O2.C12H15IN2O/c1-20-12-11-17-7-2-8-18(10-9-17)15(19)13-3-5-14(16)6-4-13;13-11-4-2-10(3-5-11)12(16)15-8-1-6-14-7-9-15/h3-6H,2,7-12H2,1H3;2-5,14H,1,6-9H2. The van der Waals surface area contributed by atoms with Crippen LogP contribution in [0.25, 0.3) is 0 Å². The number of benzene rings is 2. The number of carbonyl (C=O) groups excluding carboxylic acids is 2. The summed E-state index contributed by atoms with van der Waals surface area (Å²) < 4.78 is 7.43. The van der Waals surface area contributed by atoms with Crippen molar-refractivity contribution >= 4 is 57.0 Å². The molecule has 2 aromatic rings. The molecule has 0 bridgehead atoms. The van der Waals surface area contributed by atoms with Gasteiger partial charge in [-0.1, -0.05) is 0 Å². The molecule has 9 heteroatoms. The van der Waals surface area contributed by atoms with Crippen molar-refractivity contribution in [2.24, 2.45) is 0 Å². The van der Waals surface area contributed by atoms with Crippen LogP contribution >= 0.6 is 45.2 Å². The van der Waals surface area contributed by atoms with Gasteiger partial charge in [0, 0.05) is 71.2 Å². The van der Waals surface area contributed by atoms with Gasteiger partial charge in [0.05, 0.1) is 6.61 Å². The van der Waals surface area contributed by atoms with E-state index < -0.39 is 0 Å². The zero-order chi connectivity index (χ0) is 25.8. The van der Waals surface area contributed by atoms with Gasteiger partial charge < -0.3 is 19.9 Å². The Hall–Kier alpha value is -1.28. The quantitative estimate of drug-likeness (QED) is 0.477. The SMILES string of the molecule is COCCN1CCCN(C(=O)c2ccc(I)cc2)CC1.O=C(c1ccc(I)cc1)N1CCCNCC1. The van der Waals surface area contributed by atoms with Crippen LogP contribution in [0.15, 0.2) is 48.5 Å². The summed E-state index contributed by atoms with van der Waals surface area (Å²) in [7, 11) is 1.73. The molecule has 0 atom stereocenters. The molecule has 2 aliphatic heterocycles. The van der Waals surface area contributed by atoms with Crippen molar-refractivity contribution in [2.75, 3.05) is 72.6 Å². The molecule has 0 aromatic heterocycles. The molecule has 7 nitrogen and oxygen atoms in total. The minimum absolute atomic E-state index is 0.148. The van der Waals surface area contributed by atoms with Crippen molar-refractivity contribution in [3.8, 4) is 0 Å². The van der Waals surface area contributed by atoms with E-state index in [-0.39, 0.29) is 11.8 Å². The lowest BCUT2D eigenvalue weighted by Crippen LogP contribution is -2.36. The lowest BCUT2D eigenvalue weighted by atomic mass is 10.2. The number of methoxy groups -OCH3 is 1. The predicted molar refractivity (Wildman–Crippen MR) is 161 cm³/mol. The van der Waals surface area contributed by atoms with Crippen LogP contribution in [-0.4, -0.2) is 99.1 Å². The molecule has 196 valence electrons. The average molecular weight is 718 g/mol. The van der Waals surface area contributed by atoms with Crippen molar-refractivity contribution in [3.05, 3.63) is 66.8 Å². The van der Waals surface area contributed by atoms with Gasteiger partial charge in [0.1, 0.15) is 0 Å². The highest BCUT2D eigenvalue weighted by atomic mass is 127. The van der Waals surface area contributed by atoms with Gasteiger partial charge in [-0.3, -0.25) is 14.5 Å². The van der Waals surface area contributed by atoms with Gasteiger partial charge in [0.15, 0.2) is 0 Å². The van der Waals surface area contributed by atoms with Gasteiger partial charge in [0.2, 0.25) is 0 Å². The highest BCUT2D eigenvalue weighted by Crippen LogP contribution is 2.12. The minimum Gasteiger partial charge on any atom is -0.383 e. The molecule has 2 fully saturated rings. The van der Waals surface area contributed by atoms with E-state index in [4.69, 9.17) is 4.74 Å². The Morgan fingerprint density at radius 2 is 1.31 bits per heavy atom. The molecule has 2 heterocycles. The lowest BCUT2D eigenvalue weighted by Gasteiger charge is -2.22. The van der Waals surface area contributed by atoms with Crippen molar-refractivity contribution in [3.63, 3.8) is 0 Å². The average Bonchev–Trinajstić information content (AvgIpc) is 3.31. The first-order valence-corrected chi connectivity index (χ1v) is 14.7. The topological polar surface area (TPSA) is 65.1 Å². The fourth-order valence-electron chi connectivity index (χ4n) is 4.22. The number of halogens is 2. The molecule has 2 amide bonds. The van der Waals surface area contributed by atoms with E-state index in [0.29, 0.717) is 0 Å². The monoisotopic (exact) mass is 718 g/mol. The molecule has 2 aromatic carbocycles. The third-order valence-electron chi connectivity index (χ3n) is 6.30. The molecule has 0 saturated carbocycles. The van der Waals surface area contributed by atoms with Crippen LogP contribution in [0.1, 0.15) is 33.6 Å². The Bertz CT molecular complexity index is 948. The number of ether oxygens (including phenoxy) is 1. The molecule has 0 spiro atoms. The maximum atomic E-state index is 12.5. The maximum absolute atomic E-state index is 12.5. The van der Waals surface area contributed by atoms with Crippen molar-refractivity contribution < 1.29 is 14.3 Å². The van der Waals surface area contributed by atoms with Gasteiger partial charge in [-0.05, 0) is 120 Å². The Labute approximate surface area is 242 Å². The molecular formula is C27H36I2N4O3. The highest BCUT2D eigenvalue weighted by molar-refractivity contribution is 14.1. The Balaban J connectivity index is 0.000000205. The fraction of sp³-hybridized carbons (Fsp3) is 0.481. The largest absolute Gasteiger partial charge is 0.383 e. The number of nitrogens with zero attached hydrogens (tertiary/aromatic N) is 3. The molecule has 36 heavy (non-hydrogen) atoms. The first-order chi connectivity index (χ1) is 17.5. The summed E-state index contributed by atoms with van der Waals surface area (Å²) in [5, 5.41) is 3.30. The van der Waals surface area contributed by atoms with Crippen LogP contribution in [0.4, 0.5) is 0 Å². The van der Waals surface area contributed by atoms with Gasteiger partial charge in [-0.15, -0.1) is 0 Å². The second kappa shape index (κ2) is 15.9. The first kappa shape index (κ1) is 29.3. The van der Waals surface area contributed by atoms with Crippen molar-refractivity contribution in [1.82, 2.24) is 20.0 Å².